The topological polar surface area (TPSA) is 60.9 Å². The fraction of sp³-hybridized carbons (Fsp3) is 0.632. The van der Waals surface area contributed by atoms with Gasteiger partial charge in [0.05, 0.1) is 24.3 Å². The maximum Gasteiger partial charge on any atom is 0.416 e. The Balaban J connectivity index is 1.70. The summed E-state index contributed by atoms with van der Waals surface area (Å²) < 4.78 is 63.5. The number of nitrogens with zero attached hydrogens (tertiary/aromatic N) is 3. The molecule has 1 aromatic rings. The molecule has 0 spiro atoms. The van der Waals surface area contributed by atoms with Crippen LogP contribution in [0.4, 0.5) is 13.2 Å². The van der Waals surface area contributed by atoms with E-state index < -0.39 is 21.8 Å². The van der Waals surface area contributed by atoms with E-state index in [2.05, 4.69) is 4.90 Å². The number of benzene rings is 1. The van der Waals surface area contributed by atoms with Gasteiger partial charge in [0.15, 0.2) is 0 Å². The van der Waals surface area contributed by atoms with Crippen LogP contribution in [0.1, 0.15) is 24.0 Å². The van der Waals surface area contributed by atoms with Gasteiger partial charge in [-0.2, -0.15) is 17.5 Å². The molecule has 10 heteroatoms. The van der Waals surface area contributed by atoms with Crippen LogP contribution in [0.15, 0.2) is 24.3 Å². The fourth-order valence-corrected chi connectivity index (χ4v) is 4.82. The molecule has 0 aromatic heterocycles. The van der Waals surface area contributed by atoms with Crippen molar-refractivity contribution in [3.63, 3.8) is 0 Å². The van der Waals surface area contributed by atoms with E-state index in [1.54, 1.807) is 4.90 Å². The molecule has 2 aliphatic heterocycles. The van der Waals surface area contributed by atoms with Crippen LogP contribution in [-0.2, 0) is 27.4 Å². The lowest BCUT2D eigenvalue weighted by atomic mass is 10.1. The van der Waals surface area contributed by atoms with E-state index in [9.17, 15) is 26.4 Å². The SMILES string of the molecule is CS(=O)(=O)N1CCN(C(=O)Cc2ccc(C(F)(F)F)cc2)[C@H](CN2CCCC2)C1. The van der Waals surface area contributed by atoms with Crippen LogP contribution in [0.3, 0.4) is 0 Å². The maximum absolute atomic E-state index is 12.9. The smallest absolute Gasteiger partial charge is 0.335 e. The zero-order chi connectivity index (χ0) is 21.2. The first kappa shape index (κ1) is 22.0. The first-order valence-electron chi connectivity index (χ1n) is 9.67. The lowest BCUT2D eigenvalue weighted by molar-refractivity contribution is -0.137. The predicted molar refractivity (Wildman–Crippen MR) is 103 cm³/mol. The summed E-state index contributed by atoms with van der Waals surface area (Å²) in [5, 5.41) is 0. The van der Waals surface area contributed by atoms with Gasteiger partial charge >= 0.3 is 6.18 Å². The maximum atomic E-state index is 12.9. The van der Waals surface area contributed by atoms with Crippen LogP contribution in [-0.4, -0.2) is 80.0 Å². The molecule has 0 aliphatic carbocycles. The van der Waals surface area contributed by atoms with Gasteiger partial charge in [0.25, 0.3) is 0 Å². The summed E-state index contributed by atoms with van der Waals surface area (Å²) in [5.74, 6) is -0.192. The summed E-state index contributed by atoms with van der Waals surface area (Å²) in [4.78, 5) is 16.8. The molecule has 29 heavy (non-hydrogen) atoms. The van der Waals surface area contributed by atoms with Gasteiger partial charge in [-0.15, -0.1) is 0 Å². The molecule has 2 fully saturated rings. The van der Waals surface area contributed by atoms with Crippen LogP contribution in [0, 0.1) is 0 Å². The summed E-state index contributed by atoms with van der Waals surface area (Å²) in [5.41, 5.74) is -0.240. The van der Waals surface area contributed by atoms with E-state index in [1.807, 2.05) is 0 Å². The monoisotopic (exact) mass is 433 g/mol. The molecule has 0 N–H and O–H groups in total. The van der Waals surface area contributed by atoms with Crippen LogP contribution in [0.25, 0.3) is 0 Å². The quantitative estimate of drug-likeness (QED) is 0.711. The number of hydrogen-bond donors (Lipinski definition) is 0. The highest BCUT2D eigenvalue weighted by atomic mass is 32.2. The third-order valence-corrected chi connectivity index (χ3v) is 6.81. The number of halogens is 3. The molecule has 1 aromatic carbocycles. The second-order valence-electron chi connectivity index (χ2n) is 7.74. The molecule has 0 radical (unpaired) electrons. The fourth-order valence-electron chi connectivity index (χ4n) is 3.96. The summed E-state index contributed by atoms with van der Waals surface area (Å²) in [6.07, 6.45) is -1.08. The number of sulfonamides is 1. The van der Waals surface area contributed by atoms with E-state index in [4.69, 9.17) is 0 Å². The summed E-state index contributed by atoms with van der Waals surface area (Å²) in [6, 6.07) is 4.34. The van der Waals surface area contributed by atoms with E-state index in [-0.39, 0.29) is 38.0 Å². The average Bonchev–Trinajstić information content (AvgIpc) is 3.13. The molecule has 1 atom stereocenters. The van der Waals surface area contributed by atoms with Crippen molar-refractivity contribution in [1.82, 2.24) is 14.1 Å². The molecule has 0 unspecified atom stereocenters. The Morgan fingerprint density at radius 1 is 1.07 bits per heavy atom. The van der Waals surface area contributed by atoms with Gasteiger partial charge in [0.1, 0.15) is 0 Å². The van der Waals surface area contributed by atoms with E-state index in [0.717, 1.165) is 38.1 Å². The number of likely N-dealkylation sites (tertiary alicyclic amines) is 1. The van der Waals surface area contributed by atoms with Gasteiger partial charge in [-0.05, 0) is 43.6 Å². The first-order valence-corrected chi connectivity index (χ1v) is 11.5. The van der Waals surface area contributed by atoms with E-state index >= 15 is 0 Å². The van der Waals surface area contributed by atoms with Crippen molar-refractivity contribution < 1.29 is 26.4 Å². The minimum absolute atomic E-state index is 0.00644. The Hall–Kier alpha value is -1.65. The Morgan fingerprint density at radius 2 is 1.69 bits per heavy atom. The molecule has 0 saturated carbocycles. The van der Waals surface area contributed by atoms with Gasteiger partial charge in [-0.3, -0.25) is 4.79 Å². The number of carbonyl (C=O) groups is 1. The van der Waals surface area contributed by atoms with Gasteiger partial charge in [-0.25, -0.2) is 8.42 Å². The Labute approximate surface area is 169 Å². The minimum atomic E-state index is -4.41. The lowest BCUT2D eigenvalue weighted by Crippen LogP contribution is -2.59. The molecule has 1 amide bonds. The number of piperazine rings is 1. The van der Waals surface area contributed by atoms with Gasteiger partial charge in [0, 0.05) is 26.2 Å². The summed E-state index contributed by atoms with van der Waals surface area (Å²) in [7, 11) is -3.35. The largest absolute Gasteiger partial charge is 0.416 e. The molecular formula is C19H26F3N3O3S. The number of amides is 1. The Kier molecular flexibility index (Phi) is 6.54. The standard InChI is InChI=1S/C19H26F3N3O3S/c1-29(27,28)24-10-11-25(17(14-24)13-23-8-2-3-9-23)18(26)12-15-4-6-16(7-5-15)19(20,21)22/h4-7,17H,2-3,8-14H2,1H3/t17-/m1/s1. The molecule has 0 bridgehead atoms. The van der Waals surface area contributed by atoms with Crippen LogP contribution < -0.4 is 0 Å². The minimum Gasteiger partial charge on any atom is -0.335 e. The summed E-state index contributed by atoms with van der Waals surface area (Å²) in [6.45, 7) is 3.21. The van der Waals surface area contributed by atoms with Gasteiger partial charge < -0.3 is 9.80 Å². The second kappa shape index (κ2) is 8.61. The number of alkyl halides is 3. The van der Waals surface area contributed by atoms with Crippen LogP contribution in [0.2, 0.25) is 0 Å². The van der Waals surface area contributed by atoms with E-state index in [1.165, 1.54) is 22.7 Å². The number of carbonyl (C=O) groups excluding carboxylic acids is 1. The lowest BCUT2D eigenvalue weighted by Gasteiger charge is -2.42. The van der Waals surface area contributed by atoms with Crippen LogP contribution >= 0.6 is 0 Å². The molecular weight excluding hydrogens is 407 g/mol. The zero-order valence-electron chi connectivity index (χ0n) is 16.4. The third-order valence-electron chi connectivity index (χ3n) is 5.54. The molecule has 162 valence electrons. The zero-order valence-corrected chi connectivity index (χ0v) is 17.2. The molecule has 2 aliphatic rings. The van der Waals surface area contributed by atoms with Crippen molar-refractivity contribution in [2.45, 2.75) is 31.5 Å². The highest BCUT2D eigenvalue weighted by Crippen LogP contribution is 2.29. The van der Waals surface area contributed by atoms with Gasteiger partial charge in [-0.1, -0.05) is 12.1 Å². The van der Waals surface area contributed by atoms with Gasteiger partial charge in [0.2, 0.25) is 15.9 Å². The highest BCUT2D eigenvalue weighted by molar-refractivity contribution is 7.88. The molecule has 3 rings (SSSR count). The summed E-state index contributed by atoms with van der Waals surface area (Å²) >= 11 is 0. The molecule has 2 heterocycles. The first-order chi connectivity index (χ1) is 13.5. The van der Waals surface area contributed by atoms with Crippen molar-refractivity contribution in [3.05, 3.63) is 35.4 Å². The Bertz CT molecular complexity index is 821. The van der Waals surface area contributed by atoms with Crippen molar-refractivity contribution in [3.8, 4) is 0 Å². The predicted octanol–water partition coefficient (Wildman–Crippen LogP) is 1.82. The third kappa shape index (κ3) is 5.70. The second-order valence-corrected chi connectivity index (χ2v) is 9.72. The van der Waals surface area contributed by atoms with Crippen molar-refractivity contribution in [2.24, 2.45) is 0 Å². The van der Waals surface area contributed by atoms with Crippen molar-refractivity contribution in [2.75, 3.05) is 45.5 Å². The molecule has 6 nitrogen and oxygen atoms in total. The van der Waals surface area contributed by atoms with Crippen molar-refractivity contribution >= 4 is 15.9 Å². The number of hydrogen-bond acceptors (Lipinski definition) is 4. The van der Waals surface area contributed by atoms with Crippen LogP contribution in [0.5, 0.6) is 0 Å². The normalized spacial score (nSPS) is 22.2. The van der Waals surface area contributed by atoms with E-state index in [0.29, 0.717) is 12.1 Å². The molecule has 2 saturated heterocycles. The van der Waals surface area contributed by atoms with Crippen molar-refractivity contribution in [1.29, 1.82) is 0 Å². The Morgan fingerprint density at radius 3 is 2.24 bits per heavy atom. The highest BCUT2D eigenvalue weighted by Gasteiger charge is 2.35. The average molecular weight is 433 g/mol. The number of rotatable bonds is 5.